The van der Waals surface area contributed by atoms with Gasteiger partial charge in [0.1, 0.15) is 5.82 Å². The molecule has 5 nitrogen and oxygen atoms in total. The van der Waals surface area contributed by atoms with Crippen molar-refractivity contribution in [2.75, 3.05) is 33.1 Å². The SMILES string of the molecule is CN(C)c1ccc(CNC(=O)[C@H](Cc2ccccc2)N(C)C)cn1. The first-order valence-corrected chi connectivity index (χ1v) is 8.07. The van der Waals surface area contributed by atoms with Gasteiger partial charge in [-0.05, 0) is 37.7 Å². The Morgan fingerprint density at radius 2 is 1.75 bits per heavy atom. The van der Waals surface area contributed by atoms with Gasteiger partial charge in [0.2, 0.25) is 5.91 Å². The lowest BCUT2D eigenvalue weighted by Crippen LogP contribution is -2.44. The summed E-state index contributed by atoms with van der Waals surface area (Å²) in [6, 6.07) is 13.8. The van der Waals surface area contributed by atoms with E-state index < -0.39 is 0 Å². The van der Waals surface area contributed by atoms with E-state index in [0.717, 1.165) is 16.9 Å². The van der Waals surface area contributed by atoms with Crippen molar-refractivity contribution in [3.8, 4) is 0 Å². The molecule has 0 aliphatic carbocycles. The Labute approximate surface area is 144 Å². The molecule has 2 rings (SSSR count). The summed E-state index contributed by atoms with van der Waals surface area (Å²) in [6.07, 6.45) is 2.50. The lowest BCUT2D eigenvalue weighted by molar-refractivity contribution is -0.125. The van der Waals surface area contributed by atoms with Crippen molar-refractivity contribution in [2.45, 2.75) is 19.0 Å². The first-order chi connectivity index (χ1) is 11.5. The van der Waals surface area contributed by atoms with Crippen LogP contribution < -0.4 is 10.2 Å². The number of hydrogen-bond donors (Lipinski definition) is 1. The number of rotatable bonds is 7. The van der Waals surface area contributed by atoms with Crippen LogP contribution in [0.3, 0.4) is 0 Å². The summed E-state index contributed by atoms with van der Waals surface area (Å²) in [6.45, 7) is 0.485. The number of pyridine rings is 1. The third-order valence-electron chi connectivity index (χ3n) is 3.93. The molecule has 24 heavy (non-hydrogen) atoms. The average molecular weight is 326 g/mol. The van der Waals surface area contributed by atoms with Gasteiger partial charge in [0.15, 0.2) is 0 Å². The molecule has 2 aromatic rings. The van der Waals surface area contributed by atoms with Crippen LogP contribution in [0.25, 0.3) is 0 Å². The van der Waals surface area contributed by atoms with Gasteiger partial charge in [-0.1, -0.05) is 36.4 Å². The molecule has 0 aliphatic heterocycles. The first kappa shape index (κ1) is 17.9. The van der Waals surface area contributed by atoms with Crippen molar-refractivity contribution in [2.24, 2.45) is 0 Å². The van der Waals surface area contributed by atoms with Crippen molar-refractivity contribution < 1.29 is 4.79 Å². The minimum atomic E-state index is -0.193. The molecule has 0 spiro atoms. The molecular formula is C19H26N4O. The van der Waals surface area contributed by atoms with E-state index in [2.05, 4.69) is 10.3 Å². The molecule has 0 radical (unpaired) electrons. The second-order valence-electron chi connectivity index (χ2n) is 6.31. The standard InChI is InChI=1S/C19H26N4O/c1-22(2)17(12-15-8-6-5-7-9-15)19(24)21-14-16-10-11-18(20-13-16)23(3)4/h5-11,13,17H,12,14H2,1-4H3,(H,21,24)/t17-/m0/s1. The van der Waals surface area contributed by atoms with Crippen molar-refractivity contribution in [3.63, 3.8) is 0 Å². The van der Waals surface area contributed by atoms with Gasteiger partial charge in [-0.2, -0.15) is 0 Å². The number of nitrogens with one attached hydrogen (secondary N) is 1. The smallest absolute Gasteiger partial charge is 0.237 e. The largest absolute Gasteiger partial charge is 0.363 e. The highest BCUT2D eigenvalue weighted by Crippen LogP contribution is 2.09. The van der Waals surface area contributed by atoms with Gasteiger partial charge in [0.25, 0.3) is 0 Å². The van der Waals surface area contributed by atoms with Crippen molar-refractivity contribution in [1.29, 1.82) is 0 Å². The Kier molecular flexibility index (Phi) is 6.32. The number of aromatic nitrogens is 1. The molecule has 1 aromatic heterocycles. The zero-order chi connectivity index (χ0) is 17.5. The monoisotopic (exact) mass is 326 g/mol. The van der Waals surface area contributed by atoms with Crippen LogP contribution in [0, 0.1) is 0 Å². The molecule has 1 heterocycles. The Bertz CT molecular complexity index is 638. The summed E-state index contributed by atoms with van der Waals surface area (Å²) in [7, 11) is 7.77. The Hall–Kier alpha value is -2.40. The third kappa shape index (κ3) is 5.06. The quantitative estimate of drug-likeness (QED) is 0.845. The third-order valence-corrected chi connectivity index (χ3v) is 3.93. The lowest BCUT2D eigenvalue weighted by atomic mass is 10.0. The molecular weight excluding hydrogens is 300 g/mol. The fourth-order valence-corrected chi connectivity index (χ4v) is 2.44. The molecule has 0 fully saturated rings. The summed E-state index contributed by atoms with van der Waals surface area (Å²) >= 11 is 0. The molecule has 0 saturated heterocycles. The van der Waals surface area contributed by atoms with E-state index in [0.29, 0.717) is 13.0 Å². The maximum absolute atomic E-state index is 12.6. The lowest BCUT2D eigenvalue weighted by Gasteiger charge is -2.23. The van der Waals surface area contributed by atoms with Gasteiger partial charge in [-0.3, -0.25) is 9.69 Å². The summed E-state index contributed by atoms with van der Waals surface area (Å²) in [5.41, 5.74) is 2.15. The average Bonchev–Trinajstić information content (AvgIpc) is 2.58. The first-order valence-electron chi connectivity index (χ1n) is 8.07. The molecule has 1 aromatic carbocycles. The summed E-state index contributed by atoms with van der Waals surface area (Å²) < 4.78 is 0. The number of anilines is 1. The number of amides is 1. The highest BCUT2D eigenvalue weighted by atomic mass is 16.2. The molecule has 0 unspecified atom stereocenters. The van der Waals surface area contributed by atoms with Gasteiger partial charge < -0.3 is 10.2 Å². The van der Waals surface area contributed by atoms with Crippen LogP contribution >= 0.6 is 0 Å². The Morgan fingerprint density at radius 3 is 2.29 bits per heavy atom. The molecule has 1 amide bonds. The zero-order valence-electron chi connectivity index (χ0n) is 14.9. The van der Waals surface area contributed by atoms with Gasteiger partial charge >= 0.3 is 0 Å². The second-order valence-corrected chi connectivity index (χ2v) is 6.31. The number of benzene rings is 1. The molecule has 1 N–H and O–H groups in total. The van der Waals surface area contributed by atoms with Crippen LogP contribution in [0.5, 0.6) is 0 Å². The summed E-state index contributed by atoms with van der Waals surface area (Å²) in [5.74, 6) is 0.931. The number of nitrogens with zero attached hydrogens (tertiary/aromatic N) is 3. The van der Waals surface area contributed by atoms with Crippen LogP contribution in [0.1, 0.15) is 11.1 Å². The number of carbonyl (C=O) groups is 1. The van der Waals surface area contributed by atoms with E-state index in [4.69, 9.17) is 0 Å². The van der Waals surface area contributed by atoms with E-state index in [-0.39, 0.29) is 11.9 Å². The summed E-state index contributed by atoms with van der Waals surface area (Å²) in [5, 5.41) is 3.02. The predicted molar refractivity (Wildman–Crippen MR) is 98.0 cm³/mol. The fraction of sp³-hybridized carbons (Fsp3) is 0.368. The zero-order valence-corrected chi connectivity index (χ0v) is 14.9. The van der Waals surface area contributed by atoms with Crippen LogP contribution in [-0.2, 0) is 17.8 Å². The number of carbonyl (C=O) groups excluding carboxylic acids is 1. The fourth-order valence-electron chi connectivity index (χ4n) is 2.44. The second kappa shape index (κ2) is 8.45. The predicted octanol–water partition coefficient (Wildman–Crippen LogP) is 1.94. The Balaban J connectivity index is 1.95. The molecule has 0 saturated carbocycles. The minimum absolute atomic E-state index is 0.0283. The normalized spacial score (nSPS) is 12.0. The maximum Gasteiger partial charge on any atom is 0.237 e. The number of likely N-dealkylation sites (N-methyl/N-ethyl adjacent to an activating group) is 1. The van der Waals surface area contributed by atoms with Crippen LogP contribution in [-0.4, -0.2) is 50.0 Å². The highest BCUT2D eigenvalue weighted by molar-refractivity contribution is 5.82. The number of hydrogen-bond acceptors (Lipinski definition) is 4. The summed E-state index contributed by atoms with van der Waals surface area (Å²) in [4.78, 5) is 20.8. The Morgan fingerprint density at radius 1 is 1.04 bits per heavy atom. The van der Waals surface area contributed by atoms with Crippen molar-refractivity contribution >= 4 is 11.7 Å². The van der Waals surface area contributed by atoms with Crippen LogP contribution in [0.4, 0.5) is 5.82 Å². The van der Waals surface area contributed by atoms with E-state index >= 15 is 0 Å². The van der Waals surface area contributed by atoms with Crippen LogP contribution in [0.2, 0.25) is 0 Å². The highest BCUT2D eigenvalue weighted by Gasteiger charge is 2.20. The van der Waals surface area contributed by atoms with Gasteiger partial charge in [-0.25, -0.2) is 4.98 Å². The molecule has 128 valence electrons. The topological polar surface area (TPSA) is 48.5 Å². The van der Waals surface area contributed by atoms with Gasteiger partial charge in [-0.15, -0.1) is 0 Å². The molecule has 5 heteroatoms. The van der Waals surface area contributed by atoms with Gasteiger partial charge in [0.05, 0.1) is 6.04 Å². The van der Waals surface area contributed by atoms with Crippen molar-refractivity contribution in [1.82, 2.24) is 15.2 Å². The van der Waals surface area contributed by atoms with E-state index in [1.807, 2.05) is 80.5 Å². The molecule has 0 bridgehead atoms. The van der Waals surface area contributed by atoms with E-state index in [1.54, 1.807) is 6.20 Å². The van der Waals surface area contributed by atoms with Gasteiger partial charge in [0, 0.05) is 26.8 Å². The minimum Gasteiger partial charge on any atom is -0.363 e. The molecule has 0 aliphatic rings. The van der Waals surface area contributed by atoms with Crippen LogP contribution in [0.15, 0.2) is 48.7 Å². The van der Waals surface area contributed by atoms with E-state index in [9.17, 15) is 4.79 Å². The van der Waals surface area contributed by atoms with Crippen molar-refractivity contribution in [3.05, 3.63) is 59.8 Å². The van der Waals surface area contributed by atoms with E-state index in [1.165, 1.54) is 0 Å². The maximum atomic E-state index is 12.6. The molecule has 1 atom stereocenters.